The summed E-state index contributed by atoms with van der Waals surface area (Å²) in [4.78, 5) is 12.9. The molecule has 0 spiro atoms. The maximum absolute atomic E-state index is 12.9. The Morgan fingerprint density at radius 2 is 1.68 bits per heavy atom. The van der Waals surface area contributed by atoms with E-state index >= 15 is 0 Å². The van der Waals surface area contributed by atoms with Crippen LogP contribution in [0.25, 0.3) is 0 Å². The second kappa shape index (κ2) is 11.0. The van der Waals surface area contributed by atoms with E-state index in [9.17, 15) is 21.6 Å². The highest BCUT2D eigenvalue weighted by molar-refractivity contribution is 7.89. The van der Waals surface area contributed by atoms with Crippen LogP contribution in [0.4, 0.5) is 0 Å². The molecule has 1 heterocycles. The van der Waals surface area contributed by atoms with Gasteiger partial charge in [-0.1, -0.05) is 11.6 Å². The average Bonchev–Trinajstić information content (AvgIpc) is 2.82. The van der Waals surface area contributed by atoms with Crippen LogP contribution in [-0.4, -0.2) is 71.7 Å². The summed E-state index contributed by atoms with van der Waals surface area (Å²) in [5.74, 6) is -0.205. The molecule has 9 nitrogen and oxygen atoms in total. The number of hydrogen-bond acceptors (Lipinski definition) is 6. The van der Waals surface area contributed by atoms with Gasteiger partial charge in [0.15, 0.2) is 0 Å². The normalized spacial score (nSPS) is 17.5. The molecule has 2 aromatic carbocycles. The van der Waals surface area contributed by atoms with E-state index in [1.807, 2.05) is 0 Å². The predicted molar refractivity (Wildman–Crippen MR) is 129 cm³/mol. The monoisotopic (exact) mass is 529 g/mol. The first-order valence-corrected chi connectivity index (χ1v) is 14.0. The van der Waals surface area contributed by atoms with Crippen LogP contribution in [0, 0.1) is 5.92 Å². The fourth-order valence-electron chi connectivity index (χ4n) is 3.54. The summed E-state index contributed by atoms with van der Waals surface area (Å²) in [6.07, 6.45) is 1.19. The molecule has 1 N–H and O–H groups in total. The Kier molecular flexibility index (Phi) is 8.58. The zero-order chi connectivity index (χ0) is 24.9. The molecular weight excluding hydrogens is 502 g/mol. The van der Waals surface area contributed by atoms with Crippen molar-refractivity contribution in [2.45, 2.75) is 22.6 Å². The van der Waals surface area contributed by atoms with Gasteiger partial charge in [0.2, 0.25) is 26.0 Å². The van der Waals surface area contributed by atoms with Crippen LogP contribution in [0.2, 0.25) is 5.02 Å². The van der Waals surface area contributed by atoms with Crippen LogP contribution in [0.1, 0.15) is 12.8 Å². The number of piperidine rings is 1. The SMILES string of the molecule is CN(C)S(=O)(=O)c1ccc(OCCNC(=O)[C@@H]2CCCN(S(=O)(=O)c3ccc(Cl)cc3)C2)cc1. The number of nitrogens with one attached hydrogen (secondary N) is 1. The van der Waals surface area contributed by atoms with Gasteiger partial charge in [0.1, 0.15) is 12.4 Å². The Morgan fingerprint density at radius 3 is 2.29 bits per heavy atom. The number of hydrogen-bond donors (Lipinski definition) is 1. The number of ether oxygens (including phenoxy) is 1. The Bertz CT molecular complexity index is 1200. The number of halogens is 1. The van der Waals surface area contributed by atoms with E-state index in [1.54, 1.807) is 12.1 Å². The van der Waals surface area contributed by atoms with Crippen molar-refractivity contribution in [3.8, 4) is 5.75 Å². The van der Waals surface area contributed by atoms with Crippen LogP contribution in [-0.2, 0) is 24.8 Å². The smallest absolute Gasteiger partial charge is 0.243 e. The molecule has 186 valence electrons. The maximum Gasteiger partial charge on any atom is 0.243 e. The molecule has 1 aliphatic heterocycles. The standard InChI is InChI=1S/C22H28ClN3O6S2/c1-25(2)33(28,29)20-11-7-19(8-12-20)32-15-13-24-22(27)17-4-3-14-26(16-17)34(30,31)21-9-5-18(23)6-10-21/h5-12,17H,3-4,13-16H2,1-2H3,(H,24,27)/t17-/m1/s1. The molecule has 2 aromatic rings. The van der Waals surface area contributed by atoms with Crippen LogP contribution >= 0.6 is 11.6 Å². The molecule has 0 unspecified atom stereocenters. The van der Waals surface area contributed by atoms with Crippen LogP contribution in [0.3, 0.4) is 0 Å². The molecule has 1 saturated heterocycles. The predicted octanol–water partition coefficient (Wildman–Crippen LogP) is 2.19. The Morgan fingerprint density at radius 1 is 1.06 bits per heavy atom. The van der Waals surface area contributed by atoms with Crippen molar-refractivity contribution >= 4 is 37.6 Å². The molecule has 0 aliphatic carbocycles. The lowest BCUT2D eigenvalue weighted by Crippen LogP contribution is -2.45. The topological polar surface area (TPSA) is 113 Å². The summed E-state index contributed by atoms with van der Waals surface area (Å²) in [6, 6.07) is 12.0. The minimum atomic E-state index is -3.70. The van der Waals surface area contributed by atoms with Gasteiger partial charge in [-0.2, -0.15) is 4.31 Å². The number of benzene rings is 2. The largest absolute Gasteiger partial charge is 0.492 e. The summed E-state index contributed by atoms with van der Waals surface area (Å²) in [5, 5.41) is 3.24. The summed E-state index contributed by atoms with van der Waals surface area (Å²) < 4.78 is 58.0. The van der Waals surface area contributed by atoms with E-state index in [4.69, 9.17) is 16.3 Å². The minimum absolute atomic E-state index is 0.111. The number of sulfonamides is 2. The molecule has 34 heavy (non-hydrogen) atoms. The van der Waals surface area contributed by atoms with Gasteiger partial charge in [-0.3, -0.25) is 4.79 Å². The van der Waals surface area contributed by atoms with Gasteiger partial charge in [0.25, 0.3) is 0 Å². The lowest BCUT2D eigenvalue weighted by molar-refractivity contribution is -0.126. The average molecular weight is 530 g/mol. The zero-order valence-electron chi connectivity index (χ0n) is 19.0. The molecule has 1 amide bonds. The van der Waals surface area contributed by atoms with E-state index in [0.29, 0.717) is 30.2 Å². The number of carbonyl (C=O) groups excluding carboxylic acids is 1. The van der Waals surface area contributed by atoms with Crippen molar-refractivity contribution in [1.29, 1.82) is 0 Å². The Hall–Kier alpha value is -2.18. The first-order valence-electron chi connectivity index (χ1n) is 10.7. The molecule has 1 atom stereocenters. The Labute approximate surface area is 205 Å². The van der Waals surface area contributed by atoms with Crippen molar-refractivity contribution in [2.75, 3.05) is 40.3 Å². The highest BCUT2D eigenvalue weighted by Gasteiger charge is 2.33. The molecular formula is C22H28ClN3O6S2. The van der Waals surface area contributed by atoms with Crippen molar-refractivity contribution in [3.63, 3.8) is 0 Å². The highest BCUT2D eigenvalue weighted by atomic mass is 35.5. The lowest BCUT2D eigenvalue weighted by Gasteiger charge is -2.31. The number of carbonyl (C=O) groups is 1. The molecule has 0 bridgehead atoms. The number of rotatable bonds is 9. The minimum Gasteiger partial charge on any atom is -0.492 e. The summed E-state index contributed by atoms with van der Waals surface area (Å²) in [7, 11) is -4.29. The van der Waals surface area contributed by atoms with Crippen LogP contribution in [0.5, 0.6) is 5.75 Å². The third-order valence-corrected chi connectivity index (χ3v) is 9.44. The summed E-state index contributed by atoms with van der Waals surface area (Å²) in [6.45, 7) is 0.888. The van der Waals surface area contributed by atoms with Gasteiger partial charge in [-0.15, -0.1) is 0 Å². The molecule has 3 rings (SSSR count). The van der Waals surface area contributed by atoms with Gasteiger partial charge < -0.3 is 10.1 Å². The molecule has 1 fully saturated rings. The number of amides is 1. The van der Waals surface area contributed by atoms with E-state index < -0.39 is 26.0 Å². The van der Waals surface area contributed by atoms with E-state index in [2.05, 4.69) is 5.32 Å². The maximum atomic E-state index is 12.9. The second-order valence-electron chi connectivity index (χ2n) is 8.05. The van der Waals surface area contributed by atoms with Gasteiger partial charge >= 0.3 is 0 Å². The quantitative estimate of drug-likeness (QED) is 0.498. The molecule has 0 aromatic heterocycles. The molecule has 12 heteroatoms. The lowest BCUT2D eigenvalue weighted by atomic mass is 9.99. The van der Waals surface area contributed by atoms with Gasteiger partial charge in [-0.05, 0) is 61.4 Å². The highest BCUT2D eigenvalue weighted by Crippen LogP contribution is 2.25. The van der Waals surface area contributed by atoms with Gasteiger partial charge in [0.05, 0.1) is 22.3 Å². The van der Waals surface area contributed by atoms with Crippen molar-refractivity contribution in [2.24, 2.45) is 5.92 Å². The van der Waals surface area contributed by atoms with Crippen LogP contribution < -0.4 is 10.1 Å². The second-order valence-corrected chi connectivity index (χ2v) is 12.6. The Balaban J connectivity index is 1.49. The first kappa shape index (κ1) is 26.4. The van der Waals surface area contributed by atoms with Gasteiger partial charge in [-0.25, -0.2) is 21.1 Å². The molecule has 1 aliphatic rings. The van der Waals surface area contributed by atoms with E-state index in [1.165, 1.54) is 54.8 Å². The van der Waals surface area contributed by atoms with Gasteiger partial charge in [0, 0.05) is 32.2 Å². The molecule has 0 radical (unpaired) electrons. The third kappa shape index (κ3) is 6.28. The van der Waals surface area contributed by atoms with Crippen molar-refractivity contribution in [3.05, 3.63) is 53.6 Å². The van der Waals surface area contributed by atoms with Crippen LogP contribution in [0.15, 0.2) is 58.3 Å². The summed E-state index contributed by atoms with van der Waals surface area (Å²) >= 11 is 5.85. The fraction of sp³-hybridized carbons (Fsp3) is 0.409. The van der Waals surface area contributed by atoms with E-state index in [0.717, 1.165) is 4.31 Å². The fourth-order valence-corrected chi connectivity index (χ4v) is 6.09. The van der Waals surface area contributed by atoms with E-state index in [-0.39, 0.29) is 35.4 Å². The van der Waals surface area contributed by atoms with Crippen molar-refractivity contribution < 1.29 is 26.4 Å². The zero-order valence-corrected chi connectivity index (χ0v) is 21.4. The number of nitrogens with zero attached hydrogens (tertiary/aromatic N) is 2. The first-order chi connectivity index (χ1) is 16.0. The third-order valence-electron chi connectivity index (χ3n) is 5.48. The summed E-state index contributed by atoms with van der Waals surface area (Å²) in [5.41, 5.74) is 0. The molecule has 0 saturated carbocycles. The van der Waals surface area contributed by atoms with Crippen molar-refractivity contribution in [1.82, 2.24) is 13.9 Å².